The van der Waals surface area contributed by atoms with Gasteiger partial charge in [-0.3, -0.25) is 4.79 Å². The second kappa shape index (κ2) is 14.2. The molecular weight excluding hydrogens is 384 g/mol. The quantitative estimate of drug-likeness (QED) is 0.103. The monoisotopic (exact) mass is 420 g/mol. The van der Waals surface area contributed by atoms with Gasteiger partial charge >= 0.3 is 5.97 Å². The zero-order chi connectivity index (χ0) is 21.5. The van der Waals surface area contributed by atoms with Crippen molar-refractivity contribution in [1.82, 2.24) is 0 Å². The van der Waals surface area contributed by atoms with Crippen molar-refractivity contribution in [2.75, 3.05) is 12.4 Å². The molecule has 0 aliphatic heterocycles. The van der Waals surface area contributed by atoms with Crippen LogP contribution in [-0.2, 0) is 9.53 Å². The van der Waals surface area contributed by atoms with Crippen molar-refractivity contribution >= 4 is 17.7 Å². The molecule has 1 aromatic carbocycles. The van der Waals surface area contributed by atoms with E-state index in [0.717, 1.165) is 5.75 Å². The number of benzene rings is 1. The fourth-order valence-electron chi connectivity index (χ4n) is 2.49. The van der Waals surface area contributed by atoms with Gasteiger partial charge in [-0.25, -0.2) is 0 Å². The minimum absolute atomic E-state index is 0.0529. The van der Waals surface area contributed by atoms with Crippen LogP contribution in [0.15, 0.2) is 52.0 Å². The van der Waals surface area contributed by atoms with E-state index in [2.05, 4.69) is 35.9 Å². The zero-order valence-electron chi connectivity index (χ0n) is 18.4. The second-order valence-corrected chi connectivity index (χ2v) is 8.61. The highest BCUT2D eigenvalue weighted by Gasteiger charge is 2.28. The molecule has 162 valence electrons. The number of carbonyl (C=O) groups is 1. The van der Waals surface area contributed by atoms with Gasteiger partial charge in [0.15, 0.2) is 0 Å². The summed E-state index contributed by atoms with van der Waals surface area (Å²) in [6.07, 6.45) is 7.23. The topological polar surface area (TPSA) is 60.2 Å². The predicted molar refractivity (Wildman–Crippen MR) is 121 cm³/mol. The Kier molecular flexibility index (Phi) is 12.4. The lowest BCUT2D eigenvalue weighted by atomic mass is 10.1. The van der Waals surface area contributed by atoms with Crippen molar-refractivity contribution in [2.24, 2.45) is 10.2 Å². The molecule has 0 saturated heterocycles. The molecule has 0 fully saturated rings. The fraction of sp³-hybridized carbons (Fsp3) is 0.609. The lowest BCUT2D eigenvalue weighted by Crippen LogP contribution is -2.31. The highest BCUT2D eigenvalue weighted by Crippen LogP contribution is 2.28. The summed E-state index contributed by atoms with van der Waals surface area (Å²) in [5.41, 5.74) is -0.924. The maximum atomic E-state index is 11.8. The van der Waals surface area contributed by atoms with Crippen molar-refractivity contribution < 1.29 is 14.3 Å². The molecule has 0 aliphatic carbocycles. The van der Waals surface area contributed by atoms with Gasteiger partial charge in [-0.2, -0.15) is 5.11 Å². The summed E-state index contributed by atoms with van der Waals surface area (Å²) in [5.74, 6) is 1.55. The number of unbranched alkanes of at least 4 members (excludes halogenated alkanes) is 3. The Morgan fingerprint density at radius 2 is 1.97 bits per heavy atom. The number of azo groups is 1. The average Bonchev–Trinajstić information content (AvgIpc) is 2.70. The van der Waals surface area contributed by atoms with Gasteiger partial charge in [0, 0.05) is 11.3 Å². The molecule has 0 aromatic heterocycles. The molecule has 0 spiro atoms. The van der Waals surface area contributed by atoms with E-state index in [1.807, 2.05) is 44.7 Å². The number of thioether (sulfide) groups is 1. The smallest absolute Gasteiger partial charge is 0.306 e. The van der Waals surface area contributed by atoms with Crippen LogP contribution in [0.25, 0.3) is 0 Å². The van der Waals surface area contributed by atoms with Crippen LogP contribution in [0.3, 0.4) is 0 Å². The summed E-state index contributed by atoms with van der Waals surface area (Å²) >= 11 is 1.87. The van der Waals surface area contributed by atoms with Crippen LogP contribution in [0, 0.1) is 0 Å². The van der Waals surface area contributed by atoms with Crippen LogP contribution in [0.5, 0.6) is 5.75 Å². The standard InChI is InChI=1S/C23H36N2O3S/c1-6-8-9-10-18-29-21-13-11-20(12-14-21)28-23(5,25-24-19(3)4)16-15-22(26)27-17-7-2/h7,11-14,19H,2,6,8-10,15-18H2,1,3-5H3. The third-order valence-corrected chi connectivity index (χ3v) is 5.18. The maximum absolute atomic E-state index is 11.8. The van der Waals surface area contributed by atoms with E-state index in [9.17, 15) is 4.79 Å². The van der Waals surface area contributed by atoms with Gasteiger partial charge in [-0.1, -0.05) is 38.8 Å². The van der Waals surface area contributed by atoms with Gasteiger partial charge in [0.05, 0.1) is 12.5 Å². The molecule has 0 saturated carbocycles. The van der Waals surface area contributed by atoms with E-state index in [1.54, 1.807) is 6.08 Å². The minimum atomic E-state index is -0.924. The molecule has 0 N–H and O–H groups in total. The molecular formula is C23H36N2O3S. The van der Waals surface area contributed by atoms with Crippen molar-refractivity contribution in [2.45, 2.75) is 82.9 Å². The average molecular weight is 421 g/mol. The molecule has 0 radical (unpaired) electrons. The Hall–Kier alpha value is -1.82. The summed E-state index contributed by atoms with van der Waals surface area (Å²) < 4.78 is 11.2. The van der Waals surface area contributed by atoms with Gasteiger partial charge < -0.3 is 9.47 Å². The number of nitrogens with zero attached hydrogens (tertiary/aromatic N) is 2. The lowest BCUT2D eigenvalue weighted by Gasteiger charge is -2.25. The van der Waals surface area contributed by atoms with Crippen LogP contribution >= 0.6 is 11.8 Å². The molecule has 29 heavy (non-hydrogen) atoms. The Balaban J connectivity index is 2.67. The van der Waals surface area contributed by atoms with Crippen molar-refractivity contribution in [3.8, 4) is 5.75 Å². The zero-order valence-corrected chi connectivity index (χ0v) is 19.2. The van der Waals surface area contributed by atoms with E-state index >= 15 is 0 Å². The van der Waals surface area contributed by atoms with E-state index < -0.39 is 5.72 Å². The second-order valence-electron chi connectivity index (χ2n) is 7.44. The number of carbonyl (C=O) groups excluding carboxylic acids is 1. The molecule has 5 nitrogen and oxygen atoms in total. The van der Waals surface area contributed by atoms with Crippen LogP contribution < -0.4 is 4.74 Å². The van der Waals surface area contributed by atoms with Crippen molar-refractivity contribution in [3.63, 3.8) is 0 Å². The van der Waals surface area contributed by atoms with Crippen LogP contribution in [-0.4, -0.2) is 30.1 Å². The summed E-state index contributed by atoms with van der Waals surface area (Å²) in [4.78, 5) is 13.1. The Bertz CT molecular complexity index is 632. The third-order valence-electron chi connectivity index (χ3n) is 4.08. The summed E-state index contributed by atoms with van der Waals surface area (Å²) in [5, 5.41) is 8.62. The number of hydrogen-bond acceptors (Lipinski definition) is 6. The largest absolute Gasteiger partial charge is 0.465 e. The van der Waals surface area contributed by atoms with Crippen molar-refractivity contribution in [1.29, 1.82) is 0 Å². The molecule has 1 atom stereocenters. The number of rotatable bonds is 15. The first-order valence-corrected chi connectivity index (χ1v) is 11.5. The van der Waals surface area contributed by atoms with Crippen LogP contribution in [0.4, 0.5) is 0 Å². The van der Waals surface area contributed by atoms with Gasteiger partial charge in [-0.15, -0.1) is 16.9 Å². The number of hydrogen-bond donors (Lipinski definition) is 0. The summed E-state index contributed by atoms with van der Waals surface area (Å²) in [6.45, 7) is 11.7. The van der Waals surface area contributed by atoms with Crippen LogP contribution in [0.2, 0.25) is 0 Å². The van der Waals surface area contributed by atoms with Gasteiger partial charge in [-0.05, 0) is 57.2 Å². The SMILES string of the molecule is C=CCOC(=O)CCC(C)(N=NC(C)C)Oc1ccc(SCCCCCC)cc1. The first-order chi connectivity index (χ1) is 13.9. The molecule has 0 heterocycles. The van der Waals surface area contributed by atoms with E-state index in [-0.39, 0.29) is 25.0 Å². The van der Waals surface area contributed by atoms with Crippen LogP contribution in [0.1, 0.15) is 66.2 Å². The van der Waals surface area contributed by atoms with Gasteiger partial charge in [0.2, 0.25) is 5.72 Å². The molecule has 1 rings (SSSR count). The Morgan fingerprint density at radius 3 is 2.59 bits per heavy atom. The number of ether oxygens (including phenoxy) is 2. The van der Waals surface area contributed by atoms with Crippen molar-refractivity contribution in [3.05, 3.63) is 36.9 Å². The number of esters is 1. The van der Waals surface area contributed by atoms with E-state index in [4.69, 9.17) is 9.47 Å². The Morgan fingerprint density at radius 1 is 1.24 bits per heavy atom. The highest BCUT2D eigenvalue weighted by molar-refractivity contribution is 7.99. The third kappa shape index (κ3) is 11.7. The predicted octanol–water partition coefficient (Wildman–Crippen LogP) is 6.82. The maximum Gasteiger partial charge on any atom is 0.306 e. The van der Waals surface area contributed by atoms with Gasteiger partial charge in [0.25, 0.3) is 0 Å². The van der Waals surface area contributed by atoms with Gasteiger partial charge in [0.1, 0.15) is 12.4 Å². The summed E-state index contributed by atoms with van der Waals surface area (Å²) in [6, 6.07) is 8.09. The first kappa shape index (κ1) is 25.2. The molecule has 1 unspecified atom stereocenters. The molecule has 6 heteroatoms. The molecule has 1 aromatic rings. The first-order valence-electron chi connectivity index (χ1n) is 10.5. The normalized spacial score (nSPS) is 13.4. The highest BCUT2D eigenvalue weighted by atomic mass is 32.2. The van der Waals surface area contributed by atoms with E-state index in [1.165, 1.54) is 30.6 Å². The molecule has 0 amide bonds. The van der Waals surface area contributed by atoms with E-state index in [0.29, 0.717) is 12.2 Å². The Labute approximate surface area is 180 Å². The fourth-order valence-corrected chi connectivity index (χ4v) is 3.41. The lowest BCUT2D eigenvalue weighted by molar-refractivity contribution is -0.143. The minimum Gasteiger partial charge on any atom is -0.465 e. The summed E-state index contributed by atoms with van der Waals surface area (Å²) in [7, 11) is 0. The molecule has 0 bridgehead atoms. The molecule has 0 aliphatic rings.